The molecule has 0 radical (unpaired) electrons. The van der Waals surface area contributed by atoms with Gasteiger partial charge in [-0.05, 0) is 35.9 Å². The first kappa shape index (κ1) is 11.5. The third-order valence-corrected chi connectivity index (χ3v) is 3.01. The predicted molar refractivity (Wildman–Crippen MR) is 73.7 cm³/mol. The molecule has 1 aliphatic rings. The molecule has 1 aliphatic heterocycles. The van der Waals surface area contributed by atoms with Crippen molar-refractivity contribution in [1.82, 2.24) is 4.98 Å². The summed E-state index contributed by atoms with van der Waals surface area (Å²) in [6, 6.07) is 9.27. The second-order valence-corrected chi connectivity index (χ2v) is 4.21. The summed E-state index contributed by atoms with van der Waals surface area (Å²) in [5.74, 6) is 0.624. The van der Waals surface area contributed by atoms with E-state index in [1.54, 1.807) is 19.5 Å². The second kappa shape index (κ2) is 4.57. The van der Waals surface area contributed by atoms with Crippen LogP contribution in [0.4, 0.5) is 5.69 Å². The topological polar surface area (TPSA) is 51.2 Å². The SMILES string of the molecule is COc1ccc2c(c1)C(=Cc1cccnc1)C(=O)N2. The first-order valence-corrected chi connectivity index (χ1v) is 5.89. The molecule has 1 aromatic heterocycles. The van der Waals surface area contributed by atoms with E-state index in [1.165, 1.54) is 0 Å². The summed E-state index contributed by atoms with van der Waals surface area (Å²) in [6.07, 6.45) is 5.25. The Morgan fingerprint density at radius 1 is 1.32 bits per heavy atom. The Bertz CT molecular complexity index is 663. The van der Waals surface area contributed by atoms with Crippen molar-refractivity contribution in [3.8, 4) is 5.75 Å². The number of carbonyl (C=O) groups is 1. The smallest absolute Gasteiger partial charge is 0.256 e. The molecule has 2 heterocycles. The van der Waals surface area contributed by atoms with Crippen LogP contribution in [0.2, 0.25) is 0 Å². The van der Waals surface area contributed by atoms with Crippen molar-refractivity contribution < 1.29 is 9.53 Å². The van der Waals surface area contributed by atoms with E-state index in [2.05, 4.69) is 10.3 Å². The molecule has 1 amide bonds. The van der Waals surface area contributed by atoms with Crippen LogP contribution < -0.4 is 10.1 Å². The number of aromatic nitrogens is 1. The predicted octanol–water partition coefficient (Wildman–Crippen LogP) is 2.58. The number of carbonyl (C=O) groups excluding carboxylic acids is 1. The van der Waals surface area contributed by atoms with Crippen molar-refractivity contribution >= 4 is 23.2 Å². The molecule has 0 unspecified atom stereocenters. The molecule has 0 saturated carbocycles. The van der Waals surface area contributed by atoms with Crippen molar-refractivity contribution in [1.29, 1.82) is 0 Å². The molecular weight excluding hydrogens is 240 g/mol. The molecule has 4 nitrogen and oxygen atoms in total. The van der Waals surface area contributed by atoms with E-state index in [0.29, 0.717) is 5.57 Å². The number of ether oxygens (including phenoxy) is 1. The zero-order valence-electron chi connectivity index (χ0n) is 10.4. The van der Waals surface area contributed by atoms with Gasteiger partial charge < -0.3 is 10.1 Å². The van der Waals surface area contributed by atoms with Gasteiger partial charge in [0, 0.05) is 29.2 Å². The Balaban J connectivity index is 2.09. The molecule has 1 N–H and O–H groups in total. The number of methoxy groups -OCH3 is 1. The summed E-state index contributed by atoms with van der Waals surface area (Å²) in [7, 11) is 1.61. The van der Waals surface area contributed by atoms with Gasteiger partial charge in [0.2, 0.25) is 0 Å². The van der Waals surface area contributed by atoms with E-state index in [-0.39, 0.29) is 5.91 Å². The summed E-state index contributed by atoms with van der Waals surface area (Å²) in [5.41, 5.74) is 3.18. The van der Waals surface area contributed by atoms with Gasteiger partial charge in [0.15, 0.2) is 0 Å². The number of hydrogen-bond acceptors (Lipinski definition) is 3. The minimum absolute atomic E-state index is 0.105. The third kappa shape index (κ3) is 2.08. The molecule has 0 bridgehead atoms. The highest BCUT2D eigenvalue weighted by molar-refractivity contribution is 6.35. The van der Waals surface area contributed by atoms with Gasteiger partial charge in [-0.3, -0.25) is 9.78 Å². The molecule has 4 heteroatoms. The largest absolute Gasteiger partial charge is 0.497 e. The van der Waals surface area contributed by atoms with Crippen molar-refractivity contribution in [2.75, 3.05) is 12.4 Å². The van der Waals surface area contributed by atoms with Gasteiger partial charge in [-0.2, -0.15) is 0 Å². The van der Waals surface area contributed by atoms with Crippen molar-refractivity contribution in [2.45, 2.75) is 0 Å². The average Bonchev–Trinajstić information content (AvgIpc) is 2.76. The Morgan fingerprint density at radius 2 is 2.21 bits per heavy atom. The number of amides is 1. The third-order valence-electron chi connectivity index (χ3n) is 3.01. The summed E-state index contributed by atoms with van der Waals surface area (Å²) in [6.45, 7) is 0. The van der Waals surface area contributed by atoms with Gasteiger partial charge in [0.1, 0.15) is 5.75 Å². The van der Waals surface area contributed by atoms with E-state index in [9.17, 15) is 4.79 Å². The number of nitrogens with zero attached hydrogens (tertiary/aromatic N) is 1. The van der Waals surface area contributed by atoms with Crippen LogP contribution in [0.25, 0.3) is 11.6 Å². The van der Waals surface area contributed by atoms with Crippen LogP contribution in [0.3, 0.4) is 0 Å². The highest BCUT2D eigenvalue weighted by Gasteiger charge is 2.24. The summed E-state index contributed by atoms with van der Waals surface area (Å²) in [5, 5.41) is 2.84. The maximum atomic E-state index is 12.0. The Labute approximate surface area is 110 Å². The minimum atomic E-state index is -0.105. The Kier molecular flexibility index (Phi) is 2.76. The fourth-order valence-corrected chi connectivity index (χ4v) is 2.07. The highest BCUT2D eigenvalue weighted by Crippen LogP contribution is 2.35. The second-order valence-electron chi connectivity index (χ2n) is 4.21. The van der Waals surface area contributed by atoms with Gasteiger partial charge in [0.25, 0.3) is 5.91 Å². The number of pyridine rings is 1. The fourth-order valence-electron chi connectivity index (χ4n) is 2.07. The lowest BCUT2D eigenvalue weighted by atomic mass is 10.0. The Hall–Kier alpha value is -2.62. The molecule has 0 fully saturated rings. The quantitative estimate of drug-likeness (QED) is 0.836. The maximum absolute atomic E-state index is 12.0. The maximum Gasteiger partial charge on any atom is 0.256 e. The van der Waals surface area contributed by atoms with E-state index < -0.39 is 0 Å². The molecule has 19 heavy (non-hydrogen) atoms. The number of anilines is 1. The number of fused-ring (bicyclic) bond motifs is 1. The average molecular weight is 252 g/mol. The first-order valence-electron chi connectivity index (χ1n) is 5.89. The summed E-state index contributed by atoms with van der Waals surface area (Å²) < 4.78 is 5.19. The molecule has 0 spiro atoms. The number of rotatable bonds is 2. The molecule has 3 rings (SSSR count). The number of hydrogen-bond donors (Lipinski definition) is 1. The molecule has 2 aromatic rings. The lowest BCUT2D eigenvalue weighted by Gasteiger charge is -2.03. The van der Waals surface area contributed by atoms with E-state index in [1.807, 2.05) is 36.4 Å². The molecule has 0 aliphatic carbocycles. The lowest BCUT2D eigenvalue weighted by molar-refractivity contribution is -0.110. The van der Waals surface area contributed by atoms with Crippen molar-refractivity contribution in [2.24, 2.45) is 0 Å². The monoisotopic (exact) mass is 252 g/mol. The van der Waals surface area contributed by atoms with Gasteiger partial charge in [0.05, 0.1) is 7.11 Å². The molecule has 1 aromatic carbocycles. The van der Waals surface area contributed by atoms with Crippen molar-refractivity contribution in [3.05, 3.63) is 53.9 Å². The van der Waals surface area contributed by atoms with E-state index in [4.69, 9.17) is 4.74 Å². The zero-order chi connectivity index (χ0) is 13.2. The lowest BCUT2D eigenvalue weighted by Crippen LogP contribution is -2.03. The standard InChI is InChI=1S/C15H12N2O2/c1-19-11-4-5-14-12(8-11)13(15(18)17-14)7-10-3-2-6-16-9-10/h2-9H,1H3,(H,17,18). The Morgan fingerprint density at radius 3 is 2.95 bits per heavy atom. The van der Waals surface area contributed by atoms with Crippen LogP contribution in [-0.4, -0.2) is 18.0 Å². The van der Waals surface area contributed by atoms with Crippen LogP contribution in [0.15, 0.2) is 42.7 Å². The summed E-state index contributed by atoms with van der Waals surface area (Å²) in [4.78, 5) is 16.0. The van der Waals surface area contributed by atoms with Crippen LogP contribution in [0.5, 0.6) is 5.75 Å². The molecule has 94 valence electrons. The first-order chi connectivity index (χ1) is 9.28. The molecule has 0 atom stereocenters. The van der Waals surface area contributed by atoms with Crippen molar-refractivity contribution in [3.63, 3.8) is 0 Å². The van der Waals surface area contributed by atoms with Gasteiger partial charge in [-0.1, -0.05) is 6.07 Å². The van der Waals surface area contributed by atoms with Gasteiger partial charge in [-0.15, -0.1) is 0 Å². The van der Waals surface area contributed by atoms with E-state index >= 15 is 0 Å². The number of nitrogens with one attached hydrogen (secondary N) is 1. The van der Waals surface area contributed by atoms with Crippen LogP contribution in [0.1, 0.15) is 11.1 Å². The fraction of sp³-hybridized carbons (Fsp3) is 0.0667. The summed E-state index contributed by atoms with van der Waals surface area (Å²) >= 11 is 0. The number of benzene rings is 1. The zero-order valence-corrected chi connectivity index (χ0v) is 10.4. The van der Waals surface area contributed by atoms with Crippen LogP contribution in [-0.2, 0) is 4.79 Å². The van der Waals surface area contributed by atoms with Crippen LogP contribution in [0, 0.1) is 0 Å². The van der Waals surface area contributed by atoms with E-state index in [0.717, 1.165) is 22.6 Å². The van der Waals surface area contributed by atoms with Crippen LogP contribution >= 0.6 is 0 Å². The normalized spacial score (nSPS) is 15.2. The van der Waals surface area contributed by atoms with Gasteiger partial charge >= 0.3 is 0 Å². The minimum Gasteiger partial charge on any atom is -0.497 e. The molecular formula is C15H12N2O2. The van der Waals surface area contributed by atoms with Gasteiger partial charge in [-0.25, -0.2) is 0 Å². The molecule has 0 saturated heterocycles. The highest BCUT2D eigenvalue weighted by atomic mass is 16.5.